The Morgan fingerprint density at radius 2 is 2.19 bits per heavy atom. The normalized spacial score (nSPS) is 10.1. The molecule has 1 heterocycles. The molecule has 1 aromatic heterocycles. The highest BCUT2D eigenvalue weighted by Crippen LogP contribution is 2.15. The van der Waals surface area contributed by atoms with Crippen LogP contribution in [-0.2, 0) is 11.8 Å². The van der Waals surface area contributed by atoms with E-state index in [1.54, 1.807) is 0 Å². The van der Waals surface area contributed by atoms with Crippen molar-refractivity contribution in [3.63, 3.8) is 0 Å². The van der Waals surface area contributed by atoms with Crippen LogP contribution in [-0.4, -0.2) is 36.0 Å². The molecule has 88 valence electrons. The maximum absolute atomic E-state index is 11.3. The first-order valence-electron chi connectivity index (χ1n) is 4.62. The number of carboxylic acids is 1. The van der Waals surface area contributed by atoms with Crippen LogP contribution in [0.15, 0.2) is 17.1 Å². The zero-order valence-corrected chi connectivity index (χ0v) is 9.10. The van der Waals surface area contributed by atoms with Gasteiger partial charge in [0.05, 0.1) is 6.61 Å². The molecule has 0 spiro atoms. The minimum Gasteiger partial charge on any atom is -0.490 e. The van der Waals surface area contributed by atoms with Crippen molar-refractivity contribution in [3.05, 3.63) is 28.2 Å². The van der Waals surface area contributed by atoms with E-state index in [0.717, 1.165) is 6.07 Å². The number of carbonyl (C=O) groups is 1. The third kappa shape index (κ3) is 2.83. The molecule has 0 unspecified atom stereocenters. The number of hydrogen-bond donors (Lipinski definition) is 1. The van der Waals surface area contributed by atoms with Crippen LogP contribution < -0.4 is 10.3 Å². The maximum atomic E-state index is 11.3. The van der Waals surface area contributed by atoms with Crippen LogP contribution in [0.5, 0.6) is 5.75 Å². The Balaban J connectivity index is 3.00. The smallest absolute Gasteiger partial charge is 0.340 e. The Hall–Kier alpha value is -1.82. The number of aromatic nitrogens is 1. The third-order valence-electron chi connectivity index (χ3n) is 1.97. The molecule has 16 heavy (non-hydrogen) atoms. The molecule has 1 N–H and O–H groups in total. The second-order valence-electron chi connectivity index (χ2n) is 3.15. The number of carboxylic acid groups (broad SMARTS) is 1. The standard InChI is InChI=1S/C10H13NO5/c1-11-6-7(10(13)14)8(5-9(11)12)16-4-3-15-2/h5-6H,3-4H2,1-2H3,(H,13,14). The van der Waals surface area contributed by atoms with Crippen molar-refractivity contribution in [1.82, 2.24) is 4.57 Å². The summed E-state index contributed by atoms with van der Waals surface area (Å²) in [6.45, 7) is 0.526. The second kappa shape index (κ2) is 5.32. The Morgan fingerprint density at radius 1 is 1.50 bits per heavy atom. The van der Waals surface area contributed by atoms with Gasteiger partial charge in [-0.2, -0.15) is 0 Å². The Morgan fingerprint density at radius 3 is 2.75 bits per heavy atom. The first-order valence-corrected chi connectivity index (χ1v) is 4.62. The van der Waals surface area contributed by atoms with Crippen molar-refractivity contribution in [1.29, 1.82) is 0 Å². The first-order chi connectivity index (χ1) is 7.56. The molecule has 0 atom stereocenters. The number of pyridine rings is 1. The van der Waals surface area contributed by atoms with Gasteiger partial charge in [-0.1, -0.05) is 0 Å². The van der Waals surface area contributed by atoms with Crippen molar-refractivity contribution in [2.24, 2.45) is 7.05 Å². The molecule has 0 radical (unpaired) electrons. The van der Waals surface area contributed by atoms with Crippen LogP contribution in [0, 0.1) is 0 Å². The predicted molar refractivity (Wildman–Crippen MR) is 56.0 cm³/mol. The molecule has 0 aliphatic carbocycles. The van der Waals surface area contributed by atoms with E-state index in [1.807, 2.05) is 0 Å². The van der Waals surface area contributed by atoms with Crippen molar-refractivity contribution in [2.45, 2.75) is 0 Å². The molecule has 0 amide bonds. The average Bonchev–Trinajstić information content (AvgIpc) is 2.23. The average molecular weight is 227 g/mol. The summed E-state index contributed by atoms with van der Waals surface area (Å²) in [5.41, 5.74) is -0.365. The van der Waals surface area contributed by atoms with E-state index in [0.29, 0.717) is 6.61 Å². The summed E-state index contributed by atoms with van der Waals surface area (Å²) >= 11 is 0. The van der Waals surface area contributed by atoms with Crippen molar-refractivity contribution >= 4 is 5.97 Å². The lowest BCUT2D eigenvalue weighted by atomic mass is 10.2. The number of hydrogen-bond acceptors (Lipinski definition) is 4. The molecule has 0 aliphatic rings. The highest BCUT2D eigenvalue weighted by molar-refractivity contribution is 5.90. The van der Waals surface area contributed by atoms with Crippen LogP contribution >= 0.6 is 0 Å². The van der Waals surface area contributed by atoms with Crippen molar-refractivity contribution in [3.8, 4) is 5.75 Å². The van der Waals surface area contributed by atoms with Gasteiger partial charge in [0.2, 0.25) is 0 Å². The summed E-state index contributed by atoms with van der Waals surface area (Å²) in [7, 11) is 2.99. The van der Waals surface area contributed by atoms with Gasteiger partial charge in [-0.15, -0.1) is 0 Å². The number of nitrogens with zero attached hydrogens (tertiary/aromatic N) is 1. The molecule has 0 saturated carbocycles. The highest BCUT2D eigenvalue weighted by Gasteiger charge is 2.13. The predicted octanol–water partition coefficient (Wildman–Crippen LogP) is 0.109. The van der Waals surface area contributed by atoms with E-state index >= 15 is 0 Å². The fraction of sp³-hybridized carbons (Fsp3) is 0.400. The molecule has 1 rings (SSSR count). The van der Waals surface area contributed by atoms with Gasteiger partial charge in [0.25, 0.3) is 5.56 Å². The zero-order chi connectivity index (χ0) is 12.1. The van der Waals surface area contributed by atoms with Gasteiger partial charge in [-0.25, -0.2) is 4.79 Å². The van der Waals surface area contributed by atoms with Gasteiger partial charge in [0.15, 0.2) is 0 Å². The number of ether oxygens (including phenoxy) is 2. The summed E-state index contributed by atoms with van der Waals surface area (Å²) in [6, 6.07) is 1.15. The summed E-state index contributed by atoms with van der Waals surface area (Å²) < 4.78 is 11.1. The molecule has 0 aromatic carbocycles. The fourth-order valence-corrected chi connectivity index (χ4v) is 1.13. The largest absolute Gasteiger partial charge is 0.490 e. The lowest BCUT2D eigenvalue weighted by Gasteiger charge is -2.09. The van der Waals surface area contributed by atoms with Gasteiger partial charge in [0.1, 0.15) is 17.9 Å². The minimum atomic E-state index is -1.14. The Bertz CT molecular complexity index is 437. The summed E-state index contributed by atoms with van der Waals surface area (Å²) in [4.78, 5) is 22.2. The first kappa shape index (κ1) is 12.3. The molecule has 0 aliphatic heterocycles. The van der Waals surface area contributed by atoms with E-state index in [1.165, 1.54) is 24.9 Å². The zero-order valence-electron chi connectivity index (χ0n) is 9.10. The molecule has 1 aromatic rings. The number of methoxy groups -OCH3 is 1. The van der Waals surface area contributed by atoms with Crippen molar-refractivity contribution in [2.75, 3.05) is 20.3 Å². The van der Waals surface area contributed by atoms with Crippen LogP contribution in [0.4, 0.5) is 0 Å². The topological polar surface area (TPSA) is 77.8 Å². The minimum absolute atomic E-state index is 0.0433. The molecule has 0 saturated heterocycles. The summed E-state index contributed by atoms with van der Waals surface area (Å²) in [5.74, 6) is -1.07. The van der Waals surface area contributed by atoms with E-state index in [-0.39, 0.29) is 23.5 Å². The van der Waals surface area contributed by atoms with Gasteiger partial charge < -0.3 is 19.1 Å². The lowest BCUT2D eigenvalue weighted by Crippen LogP contribution is -2.19. The van der Waals surface area contributed by atoms with Crippen LogP contribution in [0.1, 0.15) is 10.4 Å². The summed E-state index contributed by atoms with van der Waals surface area (Å²) in [6.07, 6.45) is 1.23. The molecule has 6 nitrogen and oxygen atoms in total. The molecule has 0 bridgehead atoms. The van der Waals surface area contributed by atoms with E-state index in [4.69, 9.17) is 14.6 Å². The SMILES string of the molecule is COCCOc1cc(=O)n(C)cc1C(=O)O. The quantitative estimate of drug-likeness (QED) is 0.722. The van der Waals surface area contributed by atoms with Gasteiger partial charge >= 0.3 is 5.97 Å². The van der Waals surface area contributed by atoms with Gasteiger partial charge in [0, 0.05) is 26.4 Å². The van der Waals surface area contributed by atoms with E-state index in [9.17, 15) is 9.59 Å². The molecule has 6 heteroatoms. The number of rotatable bonds is 5. The Labute approximate surface area is 92.0 Å². The van der Waals surface area contributed by atoms with Gasteiger partial charge in [-0.3, -0.25) is 4.79 Å². The molecular weight excluding hydrogens is 214 g/mol. The van der Waals surface area contributed by atoms with Crippen LogP contribution in [0.3, 0.4) is 0 Å². The fourth-order valence-electron chi connectivity index (χ4n) is 1.13. The van der Waals surface area contributed by atoms with E-state index in [2.05, 4.69) is 0 Å². The summed E-state index contributed by atoms with van der Waals surface area (Å²) in [5, 5.41) is 8.91. The molecule has 0 fully saturated rings. The Kier molecular flexibility index (Phi) is 4.07. The maximum Gasteiger partial charge on any atom is 0.340 e. The molecular formula is C10H13NO5. The van der Waals surface area contributed by atoms with E-state index < -0.39 is 5.97 Å². The highest BCUT2D eigenvalue weighted by atomic mass is 16.5. The van der Waals surface area contributed by atoms with Gasteiger partial charge in [-0.05, 0) is 0 Å². The lowest BCUT2D eigenvalue weighted by molar-refractivity contribution is 0.0688. The van der Waals surface area contributed by atoms with Crippen LogP contribution in [0.2, 0.25) is 0 Å². The second-order valence-corrected chi connectivity index (χ2v) is 3.15. The van der Waals surface area contributed by atoms with Crippen LogP contribution in [0.25, 0.3) is 0 Å². The van der Waals surface area contributed by atoms with Crippen molar-refractivity contribution < 1.29 is 19.4 Å². The monoisotopic (exact) mass is 227 g/mol. The number of aryl methyl sites for hydroxylation is 1. The number of aromatic carboxylic acids is 1. The third-order valence-corrected chi connectivity index (χ3v) is 1.97.